The highest BCUT2D eigenvalue weighted by Gasteiger charge is 2.69. The lowest BCUT2D eigenvalue weighted by Crippen LogP contribution is -2.61. The fraction of sp³-hybridized carbons (Fsp3) is 0.931. The van der Waals surface area contributed by atoms with Crippen LogP contribution in [0.1, 0.15) is 98.8 Å². The van der Waals surface area contributed by atoms with E-state index in [9.17, 15) is 4.79 Å². The van der Waals surface area contributed by atoms with Crippen LogP contribution in [0.4, 0.5) is 0 Å². The number of hydrogen-bond acceptors (Lipinski definition) is 2. The summed E-state index contributed by atoms with van der Waals surface area (Å²) in [6.45, 7) is 13.1. The number of piperidine rings is 1. The Morgan fingerprint density at radius 3 is 2.58 bits per heavy atom. The van der Waals surface area contributed by atoms with E-state index >= 15 is 0 Å². The van der Waals surface area contributed by atoms with Crippen LogP contribution >= 0.6 is 11.6 Å². The van der Waals surface area contributed by atoms with Crippen molar-refractivity contribution in [1.29, 1.82) is 0 Å². The molecule has 0 amide bonds. The predicted octanol–water partition coefficient (Wildman–Crippen LogP) is 6.45. The molecule has 3 nitrogen and oxygen atoms in total. The Balaban J connectivity index is 1.30. The molecule has 2 heterocycles. The second kappa shape index (κ2) is 7.47. The van der Waals surface area contributed by atoms with E-state index in [0.717, 1.165) is 67.2 Å². The number of rotatable bonds is 1. The standard InChI is InChI=1S/C29H45ClNO2/c1-17-6-7-24-18(2)26-25(31(24)16-17)14-23-21-9-13-29(30)15-20(33-19(3)32)8-12-28(29,5)22(21)10-11-27(23,26)4/h17-18,20-24,26H,6-16H2,1-5H3/q+1/t17-,18+,20-,21+,22-,23-,24?,26?,27-,28+,29+/m0/s1. The first-order chi connectivity index (χ1) is 15.6. The number of carbonyl (C=O) groups excluding carboxylic acids is 1. The molecule has 0 aromatic carbocycles. The highest BCUT2D eigenvalue weighted by atomic mass is 35.5. The number of ether oxygens (including phenoxy) is 1. The number of hydrogen-bond donors (Lipinski definition) is 0. The number of nitrogens with zero attached hydrogens (tertiary/aromatic N) is 1. The van der Waals surface area contributed by atoms with Crippen molar-refractivity contribution in [1.82, 2.24) is 0 Å². The maximum atomic E-state index is 11.6. The van der Waals surface area contributed by atoms with Crippen molar-refractivity contribution in [3.05, 3.63) is 0 Å². The summed E-state index contributed by atoms with van der Waals surface area (Å²) >= 11 is 7.52. The van der Waals surface area contributed by atoms with Crippen LogP contribution in [0, 0.1) is 46.3 Å². The van der Waals surface area contributed by atoms with Gasteiger partial charge in [-0.15, -0.1) is 11.6 Å². The molecular formula is C29H45ClNO2+. The lowest BCUT2D eigenvalue weighted by Gasteiger charge is -2.63. The number of alkyl halides is 1. The van der Waals surface area contributed by atoms with Crippen molar-refractivity contribution >= 4 is 23.3 Å². The number of carbonyl (C=O) groups is 1. The third-order valence-corrected chi connectivity index (χ3v) is 13.1. The van der Waals surface area contributed by atoms with Crippen molar-refractivity contribution in [2.24, 2.45) is 46.3 Å². The number of halogens is 1. The van der Waals surface area contributed by atoms with Gasteiger partial charge in [-0.05, 0) is 73.5 Å². The van der Waals surface area contributed by atoms with Crippen molar-refractivity contribution in [3.63, 3.8) is 0 Å². The van der Waals surface area contributed by atoms with E-state index in [1.165, 1.54) is 52.0 Å². The van der Waals surface area contributed by atoms with E-state index in [0.29, 0.717) is 5.41 Å². The Hall–Kier alpha value is -0.570. The molecular weight excluding hydrogens is 430 g/mol. The fourth-order valence-electron chi connectivity index (χ4n) is 10.8. The van der Waals surface area contributed by atoms with E-state index in [1.54, 1.807) is 0 Å². The average molecular weight is 475 g/mol. The van der Waals surface area contributed by atoms with Gasteiger partial charge in [0, 0.05) is 38.0 Å². The van der Waals surface area contributed by atoms with E-state index in [4.69, 9.17) is 16.3 Å². The van der Waals surface area contributed by atoms with Gasteiger partial charge in [0.05, 0.1) is 10.8 Å². The minimum Gasteiger partial charge on any atom is -0.462 e. The Morgan fingerprint density at radius 1 is 1.03 bits per heavy atom. The first-order valence-electron chi connectivity index (χ1n) is 14.1. The van der Waals surface area contributed by atoms with Crippen LogP contribution < -0.4 is 0 Å². The van der Waals surface area contributed by atoms with E-state index in [1.807, 2.05) is 5.71 Å². The molecule has 6 rings (SSSR count). The molecule has 4 saturated carbocycles. The summed E-state index contributed by atoms with van der Waals surface area (Å²) in [6.07, 6.45) is 12.2. The molecule has 2 aliphatic heterocycles. The SMILES string of the molecule is CC(=O)O[C@H]1CC[C@]2(C)[C@H]3CC[C@]4(C)C5C(=[N+]6C[C@@H](C)CCC6[C@H]5C)C[C@H]4[C@@H]3CC[C@@]2(Cl)C1. The van der Waals surface area contributed by atoms with Gasteiger partial charge < -0.3 is 4.74 Å². The van der Waals surface area contributed by atoms with Gasteiger partial charge in [0.2, 0.25) is 0 Å². The Morgan fingerprint density at radius 2 is 1.82 bits per heavy atom. The Labute approximate surface area is 206 Å². The van der Waals surface area contributed by atoms with Gasteiger partial charge in [0.1, 0.15) is 12.6 Å². The van der Waals surface area contributed by atoms with Gasteiger partial charge in [0.25, 0.3) is 0 Å². The van der Waals surface area contributed by atoms with E-state index in [2.05, 4.69) is 32.3 Å². The molecule has 0 aromatic heterocycles. The second-order valence-corrected chi connectivity index (χ2v) is 14.5. The molecule has 6 aliphatic rings. The van der Waals surface area contributed by atoms with Crippen molar-refractivity contribution in [2.45, 2.75) is 116 Å². The molecule has 0 N–H and O–H groups in total. The Kier molecular flexibility index (Phi) is 5.17. The maximum Gasteiger partial charge on any atom is 0.302 e. The zero-order valence-corrected chi connectivity index (χ0v) is 22.3. The predicted molar refractivity (Wildman–Crippen MR) is 133 cm³/mol. The first-order valence-corrected chi connectivity index (χ1v) is 14.4. The van der Waals surface area contributed by atoms with Crippen molar-refractivity contribution in [2.75, 3.05) is 6.54 Å². The molecule has 0 spiro atoms. The third kappa shape index (κ3) is 3.05. The number of esters is 1. The fourth-order valence-corrected chi connectivity index (χ4v) is 11.3. The minimum atomic E-state index is -0.206. The molecule has 0 radical (unpaired) electrons. The summed E-state index contributed by atoms with van der Waals surface area (Å²) in [7, 11) is 0. The lowest BCUT2D eigenvalue weighted by molar-refractivity contribution is -0.582. The molecule has 5 fully saturated rings. The zero-order chi connectivity index (χ0) is 23.3. The average Bonchev–Trinajstić information content (AvgIpc) is 3.20. The monoisotopic (exact) mass is 474 g/mol. The number of fused-ring (bicyclic) bond motifs is 8. The van der Waals surface area contributed by atoms with Gasteiger partial charge in [-0.1, -0.05) is 27.7 Å². The van der Waals surface area contributed by atoms with Crippen LogP contribution in [-0.4, -0.2) is 39.8 Å². The van der Waals surface area contributed by atoms with Crippen LogP contribution in [-0.2, 0) is 9.53 Å². The zero-order valence-electron chi connectivity index (χ0n) is 21.5. The summed E-state index contributed by atoms with van der Waals surface area (Å²) in [4.78, 5) is 11.4. The molecule has 0 aromatic rings. The summed E-state index contributed by atoms with van der Waals surface area (Å²) in [5.74, 6) is 4.71. The highest BCUT2D eigenvalue weighted by molar-refractivity contribution is 6.24. The normalized spacial score (nSPS) is 55.2. The summed E-state index contributed by atoms with van der Waals surface area (Å²) in [6, 6.07) is 0.813. The third-order valence-electron chi connectivity index (χ3n) is 12.3. The maximum absolute atomic E-state index is 11.6. The highest BCUT2D eigenvalue weighted by Crippen LogP contribution is 2.70. The topological polar surface area (TPSA) is 29.3 Å². The van der Waals surface area contributed by atoms with Crippen LogP contribution in [0.5, 0.6) is 0 Å². The van der Waals surface area contributed by atoms with Gasteiger partial charge in [0.15, 0.2) is 11.8 Å². The van der Waals surface area contributed by atoms with Crippen molar-refractivity contribution < 1.29 is 14.1 Å². The summed E-state index contributed by atoms with van der Waals surface area (Å²) in [5, 5.41) is 0. The molecule has 0 bridgehead atoms. The first kappa shape index (κ1) is 22.9. The quantitative estimate of drug-likeness (QED) is 0.248. The second-order valence-electron chi connectivity index (χ2n) is 13.8. The largest absolute Gasteiger partial charge is 0.462 e. The lowest BCUT2D eigenvalue weighted by atomic mass is 9.44. The van der Waals surface area contributed by atoms with Crippen LogP contribution in [0.15, 0.2) is 0 Å². The van der Waals surface area contributed by atoms with Gasteiger partial charge in [-0.25, -0.2) is 4.58 Å². The molecule has 4 aliphatic carbocycles. The molecule has 1 saturated heterocycles. The Bertz CT molecular complexity index is 885. The van der Waals surface area contributed by atoms with Crippen LogP contribution in [0.2, 0.25) is 0 Å². The molecule has 33 heavy (non-hydrogen) atoms. The van der Waals surface area contributed by atoms with E-state index in [-0.39, 0.29) is 22.4 Å². The van der Waals surface area contributed by atoms with Crippen molar-refractivity contribution in [3.8, 4) is 0 Å². The molecule has 2 unspecified atom stereocenters. The van der Waals surface area contributed by atoms with Crippen LogP contribution in [0.25, 0.3) is 0 Å². The van der Waals surface area contributed by atoms with Crippen LogP contribution in [0.3, 0.4) is 0 Å². The smallest absolute Gasteiger partial charge is 0.302 e. The summed E-state index contributed by atoms with van der Waals surface area (Å²) < 4.78 is 8.58. The van der Waals surface area contributed by atoms with Gasteiger partial charge in [-0.3, -0.25) is 4.79 Å². The van der Waals surface area contributed by atoms with Gasteiger partial charge >= 0.3 is 5.97 Å². The minimum absolute atomic E-state index is 0.0127. The molecule has 184 valence electrons. The molecule has 11 atom stereocenters. The summed E-state index contributed by atoms with van der Waals surface area (Å²) in [5.41, 5.74) is 2.51. The van der Waals surface area contributed by atoms with E-state index < -0.39 is 0 Å². The molecule has 4 heteroatoms. The van der Waals surface area contributed by atoms with Gasteiger partial charge in [-0.2, -0.15) is 0 Å².